The fraction of sp³-hybridized carbons (Fsp3) is 0.211. The summed E-state index contributed by atoms with van der Waals surface area (Å²) in [5.74, 6) is 0. The van der Waals surface area contributed by atoms with Crippen molar-refractivity contribution >= 4 is 33.6 Å². The molecule has 0 spiro atoms. The Labute approximate surface area is 165 Å². The molecular formula is C19H23N2O5PS. The van der Waals surface area contributed by atoms with Gasteiger partial charge in [0.1, 0.15) is 6.20 Å². The van der Waals surface area contributed by atoms with E-state index in [0.29, 0.717) is 6.04 Å². The van der Waals surface area contributed by atoms with Gasteiger partial charge in [-0.25, -0.2) is 17.6 Å². The van der Waals surface area contributed by atoms with Crippen molar-refractivity contribution in [1.29, 1.82) is 0 Å². The lowest BCUT2D eigenvalue weighted by Gasteiger charge is -2.16. The molecule has 0 aliphatic rings. The van der Waals surface area contributed by atoms with Crippen molar-refractivity contribution < 1.29 is 26.7 Å². The molecule has 0 bridgehead atoms. The van der Waals surface area contributed by atoms with Gasteiger partial charge in [-0.05, 0) is 13.8 Å². The van der Waals surface area contributed by atoms with E-state index >= 15 is 0 Å². The number of hydrogen-bond acceptors (Lipinski definition) is 4. The highest BCUT2D eigenvalue weighted by atomic mass is 32.3. The number of aromatic nitrogens is 2. The summed E-state index contributed by atoms with van der Waals surface area (Å²) >= 11 is 0. The summed E-state index contributed by atoms with van der Waals surface area (Å²) in [6, 6.07) is 19.9. The zero-order chi connectivity index (χ0) is 20.9. The van der Waals surface area contributed by atoms with Crippen LogP contribution in [0.3, 0.4) is 0 Å². The molecule has 0 atom stereocenters. The highest BCUT2D eigenvalue weighted by molar-refractivity contribution is 7.85. The van der Waals surface area contributed by atoms with Crippen LogP contribution in [0.5, 0.6) is 0 Å². The minimum atomic E-state index is -4.92. The molecular weight excluding hydrogens is 399 g/mol. The van der Waals surface area contributed by atoms with Crippen molar-refractivity contribution in [3.8, 4) is 0 Å². The number of imidazole rings is 1. The highest BCUT2D eigenvalue weighted by Crippen LogP contribution is 2.41. The molecule has 1 heterocycles. The first kappa shape index (κ1) is 22.0. The van der Waals surface area contributed by atoms with Crippen molar-refractivity contribution in [3.63, 3.8) is 0 Å². The summed E-state index contributed by atoms with van der Waals surface area (Å²) in [6.45, 7) is 4.25. The Balaban J connectivity index is 0.000000500. The maximum atomic E-state index is 14.2. The van der Waals surface area contributed by atoms with Crippen molar-refractivity contribution in [1.82, 2.24) is 4.57 Å². The first-order chi connectivity index (χ1) is 13.0. The summed E-state index contributed by atoms with van der Waals surface area (Å²) in [5.41, 5.74) is 0.851. The zero-order valence-corrected chi connectivity index (χ0v) is 17.5. The topological polar surface area (TPSA) is 103 Å². The van der Waals surface area contributed by atoms with Crippen LogP contribution in [0.25, 0.3) is 0 Å². The Hall–Kier alpha value is -2.25. The van der Waals surface area contributed by atoms with Crippen LogP contribution in [0.2, 0.25) is 0 Å². The van der Waals surface area contributed by atoms with Gasteiger partial charge in [0.25, 0.3) is 0 Å². The van der Waals surface area contributed by atoms with Gasteiger partial charge in [0.2, 0.25) is 29.3 Å². The average Bonchev–Trinajstić information content (AvgIpc) is 3.04. The molecule has 0 aliphatic carbocycles. The fourth-order valence-corrected chi connectivity index (χ4v) is 5.60. The molecule has 0 amide bonds. The van der Waals surface area contributed by atoms with Crippen LogP contribution < -0.4 is 20.6 Å². The predicted molar refractivity (Wildman–Crippen MR) is 108 cm³/mol. The Bertz CT molecular complexity index is 1010. The van der Waals surface area contributed by atoms with Gasteiger partial charge in [-0.1, -0.05) is 60.7 Å². The summed E-state index contributed by atoms with van der Waals surface area (Å²) in [7, 11) is -5.84. The van der Waals surface area contributed by atoms with Crippen LogP contribution in [0.1, 0.15) is 19.9 Å². The van der Waals surface area contributed by atoms with Gasteiger partial charge in [0.05, 0.1) is 13.1 Å². The molecule has 0 radical (unpaired) electrons. The Kier molecular flexibility index (Phi) is 6.96. The number of nitrogens with zero attached hydrogens (tertiary/aromatic N) is 2. The third kappa shape index (κ3) is 5.39. The minimum absolute atomic E-state index is 0.329. The molecule has 3 rings (SSSR count). The van der Waals surface area contributed by atoms with E-state index in [-0.39, 0.29) is 0 Å². The third-order valence-electron chi connectivity index (χ3n) is 4.09. The second-order valence-corrected chi connectivity index (χ2v) is 10.0. The second kappa shape index (κ2) is 8.84. The molecule has 1 aromatic heterocycles. The van der Waals surface area contributed by atoms with Gasteiger partial charge in [-0.3, -0.25) is 4.55 Å². The number of aryl methyl sites for hydroxylation is 1. The zero-order valence-electron chi connectivity index (χ0n) is 15.8. The summed E-state index contributed by atoms with van der Waals surface area (Å²) in [4.78, 5) is 0. The summed E-state index contributed by atoms with van der Waals surface area (Å²) < 4.78 is 51.2. The fourth-order valence-electron chi connectivity index (χ4n) is 2.79. The molecule has 7 nitrogen and oxygen atoms in total. The van der Waals surface area contributed by atoms with Gasteiger partial charge < -0.3 is 9.12 Å². The largest absolute Gasteiger partial charge is 0.726 e. The lowest BCUT2D eigenvalue weighted by atomic mass is 10.4. The average molecular weight is 422 g/mol. The van der Waals surface area contributed by atoms with Gasteiger partial charge >= 0.3 is 0 Å². The van der Waals surface area contributed by atoms with Crippen LogP contribution in [-0.4, -0.2) is 22.1 Å². The van der Waals surface area contributed by atoms with E-state index in [1.165, 1.54) is 0 Å². The maximum absolute atomic E-state index is 14.2. The Morgan fingerprint density at radius 1 is 1.00 bits per heavy atom. The van der Waals surface area contributed by atoms with E-state index in [0.717, 1.165) is 16.0 Å². The van der Waals surface area contributed by atoms with E-state index < -0.39 is 17.5 Å². The third-order valence-corrected chi connectivity index (χ3v) is 7.22. The standard InChI is InChI=1S/C19H22N2OP.H2O4S/c1-16(2)21-14-19(20(3)15-21)23(22,17-10-6-4-7-11-17)18-12-8-5-9-13-18;1-5(2,3)4/h4-16H,1-3H3;(H2,1,2,3,4)/q+1;/p-1. The molecule has 0 saturated heterocycles. The normalized spacial score (nSPS) is 11.8. The molecule has 2 aromatic carbocycles. The van der Waals surface area contributed by atoms with Crippen molar-refractivity contribution in [2.75, 3.05) is 0 Å². The van der Waals surface area contributed by atoms with Crippen molar-refractivity contribution in [2.45, 2.75) is 19.9 Å². The van der Waals surface area contributed by atoms with E-state index in [4.69, 9.17) is 17.5 Å². The van der Waals surface area contributed by atoms with Crippen LogP contribution in [0.15, 0.2) is 73.2 Å². The Morgan fingerprint density at radius 2 is 1.39 bits per heavy atom. The number of hydrogen-bond donors (Lipinski definition) is 1. The SMILES string of the molecule is CC(C)[n+]1cc(P(=O)(c2ccccc2)c2ccccc2)n(C)c1.O=S(=O)([O-])O. The van der Waals surface area contributed by atoms with Crippen molar-refractivity contribution in [3.05, 3.63) is 73.2 Å². The quantitative estimate of drug-likeness (QED) is 0.297. The van der Waals surface area contributed by atoms with Crippen LogP contribution in [0, 0.1) is 0 Å². The highest BCUT2D eigenvalue weighted by Gasteiger charge is 2.36. The lowest BCUT2D eigenvalue weighted by molar-refractivity contribution is -0.715. The molecule has 0 fully saturated rings. The molecule has 0 aliphatic heterocycles. The molecule has 1 N–H and O–H groups in total. The van der Waals surface area contributed by atoms with Crippen LogP contribution in [-0.2, 0) is 22.0 Å². The molecule has 9 heteroatoms. The minimum Gasteiger partial charge on any atom is -0.726 e. The Morgan fingerprint density at radius 3 is 1.71 bits per heavy atom. The van der Waals surface area contributed by atoms with E-state index in [9.17, 15) is 4.57 Å². The van der Waals surface area contributed by atoms with E-state index in [1.807, 2.05) is 84.8 Å². The smallest absolute Gasteiger partial charge is 0.244 e. The number of benzene rings is 2. The predicted octanol–water partition coefficient (Wildman–Crippen LogP) is 1.54. The van der Waals surface area contributed by atoms with Crippen LogP contribution >= 0.6 is 7.14 Å². The van der Waals surface area contributed by atoms with Crippen LogP contribution in [0.4, 0.5) is 0 Å². The van der Waals surface area contributed by atoms with Gasteiger partial charge in [-0.15, -0.1) is 0 Å². The summed E-state index contributed by atoms with van der Waals surface area (Å²) in [6.07, 6.45) is 4.03. The van der Waals surface area contributed by atoms with Gasteiger partial charge in [0.15, 0.2) is 0 Å². The molecule has 3 aromatic rings. The first-order valence-corrected chi connectivity index (χ1v) is 11.6. The molecule has 150 valence electrons. The second-order valence-electron chi connectivity index (χ2n) is 6.46. The van der Waals surface area contributed by atoms with E-state index in [1.54, 1.807) is 0 Å². The van der Waals surface area contributed by atoms with Gasteiger partial charge in [0, 0.05) is 10.6 Å². The van der Waals surface area contributed by atoms with Crippen molar-refractivity contribution in [2.24, 2.45) is 7.05 Å². The van der Waals surface area contributed by atoms with Gasteiger partial charge in [-0.2, -0.15) is 0 Å². The molecule has 0 saturated carbocycles. The number of rotatable bonds is 4. The molecule has 28 heavy (non-hydrogen) atoms. The molecule has 0 unspecified atom stereocenters. The first-order valence-electron chi connectivity index (χ1n) is 8.50. The maximum Gasteiger partial charge on any atom is 0.244 e. The monoisotopic (exact) mass is 422 g/mol. The lowest BCUT2D eigenvalue weighted by Crippen LogP contribution is -2.35. The summed E-state index contributed by atoms with van der Waals surface area (Å²) in [5, 5.41) is 1.73. The van der Waals surface area contributed by atoms with E-state index in [2.05, 4.69) is 18.4 Å².